The minimum Gasteiger partial charge on any atom is -0.308 e. The normalized spacial score (nSPS) is 20.9. The second-order valence-corrected chi connectivity index (χ2v) is 4.59. The number of rotatable bonds is 0. The Bertz CT molecular complexity index is 438. The number of likely N-dealkylation sites (tertiary alicyclic amines) is 1. The second-order valence-electron chi connectivity index (χ2n) is 4.59. The van der Waals surface area contributed by atoms with E-state index >= 15 is 0 Å². The molecule has 1 aromatic rings. The first kappa shape index (κ1) is 13.0. The van der Waals surface area contributed by atoms with Gasteiger partial charge in [-0.05, 0) is 33.0 Å². The summed E-state index contributed by atoms with van der Waals surface area (Å²) in [6.45, 7) is 5.87. The topological polar surface area (TPSA) is 58.1 Å². The molecule has 0 aliphatic carbocycles. The molecule has 0 saturated carbocycles. The molecule has 1 fully saturated rings. The Morgan fingerprint density at radius 3 is 2.50 bits per heavy atom. The first-order chi connectivity index (χ1) is 8.72. The Hall–Kier alpha value is -1.49. The van der Waals surface area contributed by atoms with Gasteiger partial charge in [0.2, 0.25) is 5.91 Å². The van der Waals surface area contributed by atoms with Gasteiger partial charge in [0.05, 0.1) is 11.1 Å². The highest BCUT2D eigenvalue weighted by Gasteiger charge is 2.49. The van der Waals surface area contributed by atoms with Crippen LogP contribution in [0.25, 0.3) is 0 Å². The molecule has 0 aromatic carbocycles. The molecule has 3 heterocycles. The highest BCUT2D eigenvalue weighted by atomic mass is 16.2. The van der Waals surface area contributed by atoms with Crippen molar-refractivity contribution in [3.63, 3.8) is 0 Å². The second kappa shape index (κ2) is 5.02. The third-order valence-electron chi connectivity index (χ3n) is 3.66. The number of hydrogen-bond donors (Lipinski definition) is 1. The van der Waals surface area contributed by atoms with Crippen molar-refractivity contribution >= 4 is 11.7 Å². The van der Waals surface area contributed by atoms with Crippen LogP contribution in [0.3, 0.4) is 0 Å². The number of carbonyl (C=O) groups is 1. The molecule has 98 valence electrons. The summed E-state index contributed by atoms with van der Waals surface area (Å²) in [5.41, 5.74) is 0.420. The molecule has 3 rings (SSSR count). The zero-order valence-corrected chi connectivity index (χ0v) is 11.2. The smallest absolute Gasteiger partial charge is 0.238 e. The van der Waals surface area contributed by atoms with E-state index < -0.39 is 5.41 Å². The molecule has 0 bridgehead atoms. The van der Waals surface area contributed by atoms with Gasteiger partial charge >= 0.3 is 0 Å². The number of amides is 1. The lowest BCUT2D eigenvalue weighted by atomic mass is 9.76. The van der Waals surface area contributed by atoms with Crippen LogP contribution in [-0.2, 0) is 10.2 Å². The summed E-state index contributed by atoms with van der Waals surface area (Å²) in [4.78, 5) is 22.9. The van der Waals surface area contributed by atoms with Crippen LogP contribution in [0.15, 0.2) is 12.4 Å². The molecular weight excluding hydrogens is 228 g/mol. The Labute approximate surface area is 108 Å². The number of nitrogens with one attached hydrogen (secondary N) is 1. The summed E-state index contributed by atoms with van der Waals surface area (Å²) in [5, 5.41) is 2.84. The molecule has 5 nitrogen and oxygen atoms in total. The number of carbonyl (C=O) groups excluding carboxylic acids is 1. The van der Waals surface area contributed by atoms with Crippen molar-refractivity contribution in [1.29, 1.82) is 0 Å². The summed E-state index contributed by atoms with van der Waals surface area (Å²) in [6, 6.07) is 0. The van der Waals surface area contributed by atoms with E-state index in [0.717, 1.165) is 31.6 Å². The van der Waals surface area contributed by atoms with Crippen LogP contribution in [0.4, 0.5) is 5.82 Å². The SMILES string of the molecule is CC.CN1CCC2(CC1)C(=O)Nc1nccnc12. The number of hydrogen-bond acceptors (Lipinski definition) is 4. The number of aromatic nitrogens is 2. The van der Waals surface area contributed by atoms with Crippen LogP contribution >= 0.6 is 0 Å². The van der Waals surface area contributed by atoms with Gasteiger partial charge in [-0.1, -0.05) is 13.8 Å². The summed E-state index contributed by atoms with van der Waals surface area (Å²) in [5.74, 6) is 0.721. The van der Waals surface area contributed by atoms with Gasteiger partial charge in [0.25, 0.3) is 0 Å². The third kappa shape index (κ3) is 1.88. The molecule has 1 amide bonds. The Morgan fingerprint density at radius 1 is 1.22 bits per heavy atom. The number of piperidine rings is 1. The average Bonchev–Trinajstić information content (AvgIpc) is 2.69. The molecule has 5 heteroatoms. The zero-order chi connectivity index (χ0) is 13.2. The standard InChI is InChI=1S/C11H14N4O.C2H6/c1-15-6-2-11(3-7-15)8-9(14-10(11)16)13-5-4-12-8;1-2/h4-5H,2-3,6-7H2,1H3,(H,13,14,16);1-2H3. The van der Waals surface area contributed by atoms with Crippen LogP contribution in [-0.4, -0.2) is 40.9 Å². The van der Waals surface area contributed by atoms with Crippen molar-refractivity contribution in [2.45, 2.75) is 32.1 Å². The van der Waals surface area contributed by atoms with Gasteiger partial charge in [0.1, 0.15) is 0 Å². The van der Waals surface area contributed by atoms with Crippen LogP contribution in [0, 0.1) is 0 Å². The molecule has 2 aliphatic heterocycles. The fraction of sp³-hybridized carbons (Fsp3) is 0.615. The average molecular weight is 248 g/mol. The van der Waals surface area contributed by atoms with Crippen LogP contribution in [0.5, 0.6) is 0 Å². The van der Waals surface area contributed by atoms with Gasteiger partial charge in [-0.3, -0.25) is 9.78 Å². The molecule has 0 atom stereocenters. The first-order valence-electron chi connectivity index (χ1n) is 6.54. The lowest BCUT2D eigenvalue weighted by molar-refractivity contribution is -0.122. The van der Waals surface area contributed by atoms with E-state index in [0.29, 0.717) is 5.82 Å². The summed E-state index contributed by atoms with van der Waals surface area (Å²) in [6.07, 6.45) is 4.95. The minimum atomic E-state index is -0.421. The molecule has 1 aromatic heterocycles. The first-order valence-corrected chi connectivity index (χ1v) is 6.54. The van der Waals surface area contributed by atoms with Crippen LogP contribution in [0.1, 0.15) is 32.4 Å². The molecule has 2 aliphatic rings. The third-order valence-corrected chi connectivity index (χ3v) is 3.66. The maximum absolute atomic E-state index is 12.1. The predicted octanol–water partition coefficient (Wildman–Crippen LogP) is 1.42. The zero-order valence-electron chi connectivity index (χ0n) is 11.2. The van der Waals surface area contributed by atoms with Gasteiger partial charge < -0.3 is 10.2 Å². The van der Waals surface area contributed by atoms with Crippen molar-refractivity contribution in [2.75, 3.05) is 25.5 Å². The van der Waals surface area contributed by atoms with E-state index in [1.807, 2.05) is 13.8 Å². The van der Waals surface area contributed by atoms with E-state index in [2.05, 4.69) is 27.2 Å². The fourth-order valence-electron chi connectivity index (χ4n) is 2.58. The number of fused-ring (bicyclic) bond motifs is 2. The Morgan fingerprint density at radius 2 is 1.83 bits per heavy atom. The molecule has 1 spiro atoms. The van der Waals surface area contributed by atoms with Crippen molar-refractivity contribution in [2.24, 2.45) is 0 Å². The van der Waals surface area contributed by atoms with E-state index in [4.69, 9.17) is 0 Å². The van der Waals surface area contributed by atoms with Gasteiger partial charge in [0.15, 0.2) is 5.82 Å². The molecule has 0 radical (unpaired) electrons. The van der Waals surface area contributed by atoms with Crippen molar-refractivity contribution in [1.82, 2.24) is 14.9 Å². The van der Waals surface area contributed by atoms with Gasteiger partial charge in [-0.15, -0.1) is 0 Å². The summed E-state index contributed by atoms with van der Waals surface area (Å²) >= 11 is 0. The summed E-state index contributed by atoms with van der Waals surface area (Å²) in [7, 11) is 2.08. The molecular formula is C13H20N4O. The van der Waals surface area contributed by atoms with Crippen LogP contribution < -0.4 is 5.32 Å². The van der Waals surface area contributed by atoms with Crippen molar-refractivity contribution in [3.05, 3.63) is 18.1 Å². The maximum Gasteiger partial charge on any atom is 0.238 e. The van der Waals surface area contributed by atoms with Gasteiger partial charge in [-0.2, -0.15) is 0 Å². The quantitative estimate of drug-likeness (QED) is 0.754. The largest absolute Gasteiger partial charge is 0.308 e. The number of nitrogens with zero attached hydrogens (tertiary/aromatic N) is 3. The highest BCUT2D eigenvalue weighted by molar-refractivity contribution is 6.04. The van der Waals surface area contributed by atoms with E-state index in [-0.39, 0.29) is 5.91 Å². The minimum absolute atomic E-state index is 0.0711. The predicted molar refractivity (Wildman–Crippen MR) is 70.4 cm³/mol. The van der Waals surface area contributed by atoms with Gasteiger partial charge in [0, 0.05) is 12.4 Å². The van der Waals surface area contributed by atoms with Crippen molar-refractivity contribution in [3.8, 4) is 0 Å². The van der Waals surface area contributed by atoms with Gasteiger partial charge in [-0.25, -0.2) is 4.98 Å². The summed E-state index contributed by atoms with van der Waals surface area (Å²) < 4.78 is 0. The van der Waals surface area contributed by atoms with Crippen molar-refractivity contribution < 1.29 is 4.79 Å². The highest BCUT2D eigenvalue weighted by Crippen LogP contribution is 2.42. The van der Waals surface area contributed by atoms with E-state index in [1.54, 1.807) is 12.4 Å². The van der Waals surface area contributed by atoms with Crippen LogP contribution in [0.2, 0.25) is 0 Å². The maximum atomic E-state index is 12.1. The monoisotopic (exact) mass is 248 g/mol. The Balaban J connectivity index is 0.000000574. The molecule has 18 heavy (non-hydrogen) atoms. The lowest BCUT2D eigenvalue weighted by Gasteiger charge is -2.35. The Kier molecular flexibility index (Phi) is 3.61. The molecule has 1 N–H and O–H groups in total. The number of anilines is 1. The van der Waals surface area contributed by atoms with E-state index in [1.165, 1.54) is 0 Å². The molecule has 1 saturated heterocycles. The molecule has 0 unspecified atom stereocenters. The fourth-order valence-corrected chi connectivity index (χ4v) is 2.58. The van der Waals surface area contributed by atoms with E-state index in [9.17, 15) is 4.79 Å². The lowest BCUT2D eigenvalue weighted by Crippen LogP contribution is -2.45.